The Morgan fingerprint density at radius 1 is 1.16 bits per heavy atom. The Labute approximate surface area is 260 Å². The van der Waals surface area contributed by atoms with Crippen molar-refractivity contribution < 1.29 is 38.5 Å². The number of rotatable bonds is 7. The van der Waals surface area contributed by atoms with Crippen LogP contribution in [0.1, 0.15) is 40.5 Å². The number of ether oxygens (including phenoxy) is 3. The van der Waals surface area contributed by atoms with Crippen molar-refractivity contribution in [2.24, 2.45) is 17.6 Å². The van der Waals surface area contributed by atoms with Crippen molar-refractivity contribution in [3.8, 4) is 0 Å². The average molecular weight is 617 g/mol. The number of methoxy groups -OCH3 is 2. The third-order valence-corrected chi connectivity index (χ3v) is 7.65. The van der Waals surface area contributed by atoms with Gasteiger partial charge in [0, 0.05) is 50.4 Å². The van der Waals surface area contributed by atoms with Gasteiger partial charge >= 0.3 is 6.09 Å². The van der Waals surface area contributed by atoms with Gasteiger partial charge in [0.1, 0.15) is 6.10 Å². The lowest BCUT2D eigenvalue weighted by atomic mass is 9.85. The van der Waals surface area contributed by atoms with E-state index in [0.29, 0.717) is 25.1 Å². The molecule has 0 saturated carbocycles. The second-order valence-electron chi connectivity index (χ2n) is 11.7. The molecule has 0 saturated heterocycles. The molecule has 6 atom stereocenters. The van der Waals surface area contributed by atoms with Gasteiger partial charge in [0.15, 0.2) is 6.10 Å². The number of fused-ring (bicyclic) bond motifs is 2. The molecule has 0 fully saturated rings. The molecular formula is C32H48N4O8. The molecule has 2 rings (SSSR count). The number of likely N-dealkylation sites (N-methyl/N-ethyl adjacent to an activating group) is 1. The summed E-state index contributed by atoms with van der Waals surface area (Å²) in [6, 6.07) is 0. The number of hydrogen-bond donors (Lipinski definition) is 4. The van der Waals surface area contributed by atoms with E-state index >= 15 is 0 Å². The zero-order chi connectivity index (χ0) is 33.1. The van der Waals surface area contributed by atoms with Crippen LogP contribution in [-0.4, -0.2) is 99.4 Å². The second kappa shape index (κ2) is 17.0. The zero-order valence-electron chi connectivity index (χ0n) is 27.0. The molecule has 5 N–H and O–H groups in total. The highest BCUT2D eigenvalue weighted by atomic mass is 16.6. The van der Waals surface area contributed by atoms with Gasteiger partial charge < -0.3 is 40.6 Å². The summed E-state index contributed by atoms with van der Waals surface area (Å²) < 4.78 is 16.6. The summed E-state index contributed by atoms with van der Waals surface area (Å²) >= 11 is 0. The Hall–Kier alpha value is -3.58. The van der Waals surface area contributed by atoms with Crippen LogP contribution >= 0.6 is 0 Å². The van der Waals surface area contributed by atoms with Gasteiger partial charge in [0.05, 0.1) is 23.6 Å². The summed E-state index contributed by atoms with van der Waals surface area (Å²) in [5, 5.41) is 17.0. The highest BCUT2D eigenvalue weighted by Gasteiger charge is 2.33. The van der Waals surface area contributed by atoms with Gasteiger partial charge in [-0.25, -0.2) is 4.79 Å². The Bertz CT molecular complexity index is 1230. The van der Waals surface area contributed by atoms with Crippen LogP contribution in [0, 0.1) is 11.8 Å². The molecule has 2 amide bonds. The van der Waals surface area contributed by atoms with Crippen molar-refractivity contribution in [3.63, 3.8) is 0 Å². The van der Waals surface area contributed by atoms with E-state index < -0.39 is 53.9 Å². The summed E-state index contributed by atoms with van der Waals surface area (Å²) in [4.78, 5) is 53.7. The maximum absolute atomic E-state index is 13.7. The first-order chi connectivity index (χ1) is 20.7. The third-order valence-electron chi connectivity index (χ3n) is 7.65. The minimum absolute atomic E-state index is 0.114. The number of carbonyl (C=O) groups excluding carboxylic acids is 4. The lowest BCUT2D eigenvalue weighted by Gasteiger charge is -2.30. The predicted octanol–water partition coefficient (Wildman–Crippen LogP) is 1.91. The smallest absolute Gasteiger partial charge is 0.405 e. The number of nitrogens with one attached hydrogen (secondary N) is 2. The van der Waals surface area contributed by atoms with Crippen LogP contribution in [0.3, 0.4) is 0 Å². The standard InChI is InChI=1S/C32H48N4O8/c1-18-14-22-27(34-12-13-36(5)6)24(37)17-23(29(22)39)35-31(40)19(2)10-9-11-25(42-7)30(44-32(33)41)21(4)16-20(3)28(38)26(15-18)43-8/h9-11,16-18,20,25-26,28,30,34,38H,12-15H2,1-8H3,(H2,33,41)(H,35,40)/b11-9+,19-10-,21-16+/t18-,20-,25-,26-,28+,30-/m0/s1. The first-order valence-electron chi connectivity index (χ1n) is 14.7. The van der Waals surface area contributed by atoms with Crippen molar-refractivity contribution in [1.82, 2.24) is 15.5 Å². The Kier molecular flexibility index (Phi) is 14.2. The first-order valence-corrected chi connectivity index (χ1v) is 14.7. The molecule has 0 aromatic rings. The molecule has 0 spiro atoms. The van der Waals surface area contributed by atoms with Gasteiger partial charge in [-0.15, -0.1) is 0 Å². The quantitative estimate of drug-likeness (QED) is 0.245. The average Bonchev–Trinajstić information content (AvgIpc) is 2.95. The summed E-state index contributed by atoms with van der Waals surface area (Å²) in [5.41, 5.74) is 6.55. The molecule has 1 aliphatic carbocycles. The SMILES string of the molecule is CO[C@H]1/C=C/C=C(/C)C(=O)NC2=CC(=O)C(NCCN(C)C)=C(C[C@H](C)C[C@H](OC)[C@H](O)[C@@H](C)/C=C(\C)[C@@H]1OC(N)=O)C2=O. The number of aliphatic hydroxyl groups excluding tert-OH is 1. The molecule has 1 aliphatic heterocycles. The largest absolute Gasteiger partial charge is 0.439 e. The summed E-state index contributed by atoms with van der Waals surface area (Å²) in [5.74, 6) is -2.06. The number of hydrogen-bond acceptors (Lipinski definition) is 10. The van der Waals surface area contributed by atoms with Crippen LogP contribution < -0.4 is 16.4 Å². The van der Waals surface area contributed by atoms with Crippen molar-refractivity contribution in [2.45, 2.75) is 65.0 Å². The Balaban J connectivity index is 2.60. The van der Waals surface area contributed by atoms with E-state index in [9.17, 15) is 24.3 Å². The Morgan fingerprint density at radius 3 is 2.43 bits per heavy atom. The first kappa shape index (κ1) is 36.6. The number of carbonyl (C=O) groups is 4. The molecule has 0 aromatic heterocycles. The number of primary amides is 1. The van der Waals surface area contributed by atoms with E-state index in [-0.39, 0.29) is 34.9 Å². The molecule has 0 aromatic carbocycles. The van der Waals surface area contributed by atoms with Gasteiger partial charge in [-0.3, -0.25) is 14.4 Å². The fraction of sp³-hybridized carbons (Fsp3) is 0.562. The number of Topliss-reactive ketones (excluding diaryl/α,β-unsaturated/α-hetero) is 1. The highest BCUT2D eigenvalue weighted by Crippen LogP contribution is 2.28. The number of aliphatic hydroxyl groups is 1. The molecule has 44 heavy (non-hydrogen) atoms. The van der Waals surface area contributed by atoms with Crippen molar-refractivity contribution in [1.29, 1.82) is 0 Å². The van der Waals surface area contributed by atoms with E-state index in [0.717, 1.165) is 6.08 Å². The topological polar surface area (TPSA) is 170 Å². The Morgan fingerprint density at radius 2 is 1.84 bits per heavy atom. The molecule has 0 unspecified atom stereocenters. The number of nitrogens with two attached hydrogens (primary N) is 1. The molecule has 1 heterocycles. The van der Waals surface area contributed by atoms with Gasteiger partial charge in [0.25, 0.3) is 5.91 Å². The van der Waals surface area contributed by atoms with Crippen LogP contribution in [0.2, 0.25) is 0 Å². The fourth-order valence-electron chi connectivity index (χ4n) is 5.18. The van der Waals surface area contributed by atoms with E-state index in [2.05, 4.69) is 10.6 Å². The lowest BCUT2D eigenvalue weighted by Crippen LogP contribution is -2.38. The normalized spacial score (nSPS) is 31.0. The number of nitrogens with zero attached hydrogens (tertiary/aromatic N) is 1. The number of amides is 2. The maximum Gasteiger partial charge on any atom is 0.405 e. The zero-order valence-corrected chi connectivity index (χ0v) is 27.0. The molecule has 2 aliphatic rings. The van der Waals surface area contributed by atoms with E-state index in [1.807, 2.05) is 32.8 Å². The van der Waals surface area contributed by atoms with Crippen LogP contribution in [0.25, 0.3) is 0 Å². The van der Waals surface area contributed by atoms with E-state index in [1.165, 1.54) is 20.3 Å². The number of ketones is 2. The molecular weight excluding hydrogens is 568 g/mol. The summed E-state index contributed by atoms with van der Waals surface area (Å²) in [6.07, 6.45) is 3.88. The van der Waals surface area contributed by atoms with Gasteiger partial charge in [-0.1, -0.05) is 38.2 Å². The molecule has 244 valence electrons. The number of allylic oxidation sites excluding steroid dienone is 4. The molecule has 12 nitrogen and oxygen atoms in total. The van der Waals surface area contributed by atoms with Crippen molar-refractivity contribution in [2.75, 3.05) is 41.4 Å². The monoisotopic (exact) mass is 616 g/mol. The molecule has 0 radical (unpaired) electrons. The van der Waals surface area contributed by atoms with Crippen molar-refractivity contribution >= 4 is 23.6 Å². The van der Waals surface area contributed by atoms with Crippen LogP contribution in [0.4, 0.5) is 4.79 Å². The summed E-state index contributed by atoms with van der Waals surface area (Å²) in [6.45, 7) is 8.09. The summed E-state index contributed by atoms with van der Waals surface area (Å²) in [7, 11) is 6.74. The maximum atomic E-state index is 13.7. The minimum Gasteiger partial charge on any atom is -0.439 e. The van der Waals surface area contributed by atoms with Crippen molar-refractivity contribution in [3.05, 3.63) is 58.5 Å². The van der Waals surface area contributed by atoms with Crippen LogP contribution in [-0.2, 0) is 28.6 Å². The van der Waals surface area contributed by atoms with Crippen LogP contribution in [0.15, 0.2) is 58.5 Å². The van der Waals surface area contributed by atoms with Gasteiger partial charge in [-0.2, -0.15) is 0 Å². The molecule has 2 bridgehead atoms. The second-order valence-corrected chi connectivity index (χ2v) is 11.7. The minimum atomic E-state index is -0.997. The molecule has 12 heteroatoms. The van der Waals surface area contributed by atoms with Gasteiger partial charge in [-0.05, 0) is 52.3 Å². The third kappa shape index (κ3) is 10.3. The predicted molar refractivity (Wildman–Crippen MR) is 166 cm³/mol. The van der Waals surface area contributed by atoms with Crippen LogP contribution in [0.5, 0.6) is 0 Å². The van der Waals surface area contributed by atoms with Gasteiger partial charge in [0.2, 0.25) is 11.6 Å². The fourth-order valence-corrected chi connectivity index (χ4v) is 5.18. The van der Waals surface area contributed by atoms with E-state index in [1.54, 1.807) is 32.1 Å². The highest BCUT2D eigenvalue weighted by molar-refractivity contribution is 6.23. The van der Waals surface area contributed by atoms with E-state index in [4.69, 9.17) is 19.9 Å². The lowest BCUT2D eigenvalue weighted by molar-refractivity contribution is -0.120.